The maximum Gasteiger partial charge on any atom is 0.0992 e. The van der Waals surface area contributed by atoms with E-state index in [-0.39, 0.29) is 5.41 Å². The molecule has 28 aromatic rings. The van der Waals surface area contributed by atoms with Gasteiger partial charge >= 0.3 is 0 Å². The zero-order chi connectivity index (χ0) is 100. The molecular formula is C139H129N5Si. The van der Waals surface area contributed by atoms with Crippen molar-refractivity contribution in [1.82, 2.24) is 17.6 Å². The van der Waals surface area contributed by atoms with Crippen molar-refractivity contribution >= 4 is 252 Å². The molecular weight excluding hydrogens is 1770 g/mol. The van der Waals surface area contributed by atoms with E-state index in [9.17, 15) is 5.26 Å². The predicted octanol–water partition coefficient (Wildman–Crippen LogP) is 40.4. The Labute approximate surface area is 850 Å². The van der Waals surface area contributed by atoms with E-state index >= 15 is 0 Å². The van der Waals surface area contributed by atoms with Crippen LogP contribution in [0.3, 0.4) is 0 Å². The van der Waals surface area contributed by atoms with E-state index in [2.05, 4.69) is 480 Å². The van der Waals surface area contributed by atoms with Gasteiger partial charge in [0.25, 0.3) is 0 Å². The van der Waals surface area contributed by atoms with Crippen molar-refractivity contribution in [1.29, 1.82) is 5.26 Å². The van der Waals surface area contributed by atoms with Crippen LogP contribution in [0.25, 0.3) is 239 Å². The van der Waals surface area contributed by atoms with Gasteiger partial charge in [0, 0.05) is 86.2 Å². The molecule has 0 spiro atoms. The van der Waals surface area contributed by atoms with Gasteiger partial charge in [0.1, 0.15) is 0 Å². The van der Waals surface area contributed by atoms with Gasteiger partial charge in [0.05, 0.1) is 85.9 Å². The van der Waals surface area contributed by atoms with Crippen LogP contribution in [0.2, 0.25) is 19.6 Å². The zero-order valence-electron chi connectivity index (χ0n) is 88.6. The van der Waals surface area contributed by atoms with Crippen LogP contribution in [0.5, 0.6) is 0 Å². The highest BCUT2D eigenvalue weighted by Gasteiger charge is 2.30. The molecule has 145 heavy (non-hydrogen) atoms. The van der Waals surface area contributed by atoms with Crippen LogP contribution >= 0.6 is 0 Å². The van der Waals surface area contributed by atoms with Gasteiger partial charge in [-0.25, -0.2) is 0 Å². The molecule has 0 N–H and O–H groups in total. The second kappa shape index (κ2) is 33.2. The monoisotopic (exact) mass is 1900 g/mol. The van der Waals surface area contributed by atoms with Crippen LogP contribution < -0.4 is 5.19 Å². The predicted molar refractivity (Wildman–Crippen MR) is 638 cm³/mol. The Morgan fingerprint density at radius 1 is 0.193 bits per heavy atom. The fraction of sp³-hybridized carbons (Fsp3) is 0.245. The molecule has 0 amide bonds. The summed E-state index contributed by atoms with van der Waals surface area (Å²) in [6, 6.07) is 115. The number of rotatable bonds is 10. The Hall–Kier alpha value is -14.6. The first kappa shape index (κ1) is 91.6. The third kappa shape index (κ3) is 14.6. The molecule has 0 fully saturated rings. The molecule has 8 aromatic heterocycles. The smallest absolute Gasteiger partial charge is 0.0992 e. The summed E-state index contributed by atoms with van der Waals surface area (Å²) in [5.74, 6) is 4.62. The third-order valence-electron chi connectivity index (χ3n) is 33.3. The molecule has 0 atom stereocenters. The number of hydrogen-bond acceptors (Lipinski definition) is 1. The second-order valence-electron chi connectivity index (χ2n) is 47.9. The molecule has 0 bridgehead atoms. The molecule has 6 heteroatoms. The fourth-order valence-corrected chi connectivity index (χ4v) is 25.6. The summed E-state index contributed by atoms with van der Waals surface area (Å²) in [5.41, 5.74) is 30.3. The summed E-state index contributed by atoms with van der Waals surface area (Å²) in [5, 5.41) is 53.6. The van der Waals surface area contributed by atoms with Gasteiger partial charge < -0.3 is 17.6 Å². The fourth-order valence-electron chi connectivity index (χ4n) is 24.4. The van der Waals surface area contributed by atoms with Crippen LogP contribution in [0, 0.1) is 11.3 Å². The molecule has 28 rings (SSSR count). The van der Waals surface area contributed by atoms with Gasteiger partial charge in [-0.05, 0) is 334 Å². The molecule has 20 aromatic carbocycles. The van der Waals surface area contributed by atoms with E-state index in [4.69, 9.17) is 0 Å². The van der Waals surface area contributed by atoms with Gasteiger partial charge in [-0.2, -0.15) is 5.26 Å². The Balaban J connectivity index is 0.000000101. The highest BCUT2D eigenvalue weighted by atomic mass is 28.3. The lowest BCUT2D eigenvalue weighted by Crippen LogP contribution is -2.37. The number of aromatic nitrogens is 4. The summed E-state index contributed by atoms with van der Waals surface area (Å²) in [6.45, 7) is 55.3. The van der Waals surface area contributed by atoms with E-state index in [1.54, 1.807) is 0 Å². The molecule has 0 aliphatic heterocycles. The Morgan fingerprint density at radius 3 is 0.531 bits per heavy atom. The number of nitriles is 1. The summed E-state index contributed by atoms with van der Waals surface area (Å²) in [6.07, 6.45) is 0. The standard InChI is InChI=1S/C36H35N.C35H35NSi.C35H33N.C33H26N2/c1-20(2)22-8-10-24-16-33-29(14-26(24)12-22)31-18-28(36(5,6)7)19-32-30-15-27-13-23(21(3)4)9-11-25(27)17-34(30)37(33)35(31)32;1-20(2)22-8-10-24-16-33-29(14-26(24)12-22)31-18-28(37(5,6)7)19-32-30-15-27-13-23(21(3)4)9-11-25(27)17-34(30)36(33)35(31)32;1-19(2)22-7-9-24-17-33-29(15-27(24)11-22)31-13-26(21(5)6)14-32-30-16-28-12-23(20(3)4)8-10-25(28)18-34(30)36(33)35(31)32;1-18(2)21-5-7-23-15-31-27(13-25(23)11-21)29-9-20(17-34)10-30-28-14-26-12-22(19(3)4)6-8-24(26)16-32(28)35(31)33(29)30/h2*8-21H,1-7H3;7-21H,1-6H3;5-16,18-19H,1-4H3. The Bertz CT molecular complexity index is 9520. The van der Waals surface area contributed by atoms with Crippen LogP contribution in [-0.2, 0) is 5.41 Å². The largest absolute Gasteiger partial charge is 0.308 e. The van der Waals surface area contributed by atoms with Crippen molar-refractivity contribution in [3.8, 4) is 6.07 Å². The van der Waals surface area contributed by atoms with Crippen molar-refractivity contribution < 1.29 is 0 Å². The molecule has 5 nitrogen and oxygen atoms in total. The molecule has 0 aliphatic carbocycles. The van der Waals surface area contributed by atoms with E-state index in [0.717, 1.165) is 10.8 Å². The number of fused-ring (bicyclic) bond motifs is 32. The van der Waals surface area contributed by atoms with Crippen LogP contribution in [0.1, 0.15) is 260 Å². The lowest BCUT2D eigenvalue weighted by Gasteiger charge is -2.19. The minimum atomic E-state index is -1.52. The Kier molecular flexibility index (Phi) is 21.0. The molecule has 714 valence electrons. The first-order valence-corrected chi connectivity index (χ1v) is 56.9. The number of hydrogen-bond donors (Lipinski definition) is 0. The highest BCUT2D eigenvalue weighted by molar-refractivity contribution is 6.89. The van der Waals surface area contributed by atoms with E-state index in [1.807, 2.05) is 0 Å². The SMILES string of the molecule is CC(C)c1ccc2cc3c(cc2c1)c1cc(C#N)cc2c4cc5cc(C(C)C)ccc5cc4n3c12.CC(C)c1ccc2cc3c(cc2c1)c1cc(C(C)(C)C)cc2c4cc5cc(C(C)C)ccc5cc4n3c12.CC(C)c1ccc2cc3c(cc2c1)c1cc(C(C)C)cc2c4cc5cc(C(C)C)ccc5cc4n3c12.CC(C)c1ccc2cc3c(cc2c1)c1cc([Si](C)(C)C)cc2c4cc5cc(C(C)C)ccc5cc4n3c12. The molecule has 0 aliphatic rings. The van der Waals surface area contributed by atoms with Crippen molar-refractivity contribution in [3.63, 3.8) is 0 Å². The molecule has 0 unspecified atom stereocenters. The highest BCUT2D eigenvalue weighted by Crippen LogP contribution is 2.51. The molecule has 8 heterocycles. The lowest BCUT2D eigenvalue weighted by molar-refractivity contribution is 0.592. The van der Waals surface area contributed by atoms with Crippen molar-refractivity contribution in [2.75, 3.05) is 0 Å². The van der Waals surface area contributed by atoms with Crippen molar-refractivity contribution in [3.05, 3.63) is 352 Å². The maximum atomic E-state index is 9.87. The van der Waals surface area contributed by atoms with E-state index < -0.39 is 8.07 Å². The summed E-state index contributed by atoms with van der Waals surface area (Å²) in [7, 11) is -1.52. The van der Waals surface area contributed by atoms with E-state index in [1.165, 1.54) is 289 Å². The van der Waals surface area contributed by atoms with Crippen molar-refractivity contribution in [2.24, 2.45) is 0 Å². The summed E-state index contributed by atoms with van der Waals surface area (Å²) < 4.78 is 10.0. The third-order valence-corrected chi connectivity index (χ3v) is 35.3. The van der Waals surface area contributed by atoms with Gasteiger partial charge in [-0.3, -0.25) is 0 Å². The Morgan fingerprint density at radius 2 is 0.366 bits per heavy atom. The molecule has 0 radical (unpaired) electrons. The van der Waals surface area contributed by atoms with Crippen molar-refractivity contribution in [2.45, 2.75) is 224 Å². The molecule has 0 saturated carbocycles. The van der Waals surface area contributed by atoms with E-state index in [0.29, 0.717) is 58.8 Å². The van der Waals surface area contributed by atoms with Crippen LogP contribution in [0.15, 0.2) is 291 Å². The minimum absolute atomic E-state index is 0.0746. The average Bonchev–Trinajstić information content (AvgIpc) is 1.50. The number of benzene rings is 20. The van der Waals surface area contributed by atoms with Crippen LogP contribution in [-0.4, -0.2) is 25.7 Å². The van der Waals surface area contributed by atoms with Crippen LogP contribution in [0.4, 0.5) is 0 Å². The van der Waals surface area contributed by atoms with Gasteiger partial charge in [0.2, 0.25) is 0 Å². The quantitative estimate of drug-likeness (QED) is 0.126. The maximum absolute atomic E-state index is 9.87. The lowest BCUT2D eigenvalue weighted by atomic mass is 9.85. The number of nitrogens with zero attached hydrogens (tertiary/aromatic N) is 5. The van der Waals surface area contributed by atoms with Gasteiger partial charge in [-0.1, -0.05) is 328 Å². The average molecular weight is 1900 g/mol. The van der Waals surface area contributed by atoms with Gasteiger partial charge in [0.15, 0.2) is 0 Å². The first-order chi connectivity index (χ1) is 69.4. The second-order valence-corrected chi connectivity index (χ2v) is 53.0. The minimum Gasteiger partial charge on any atom is -0.308 e. The normalized spacial score (nSPS) is 13.0. The topological polar surface area (TPSA) is 41.4 Å². The summed E-state index contributed by atoms with van der Waals surface area (Å²) >= 11 is 0. The first-order valence-electron chi connectivity index (χ1n) is 53.4. The van der Waals surface area contributed by atoms with Gasteiger partial charge in [-0.15, -0.1) is 0 Å². The molecule has 0 saturated heterocycles. The zero-order valence-corrected chi connectivity index (χ0v) is 89.6. The summed E-state index contributed by atoms with van der Waals surface area (Å²) in [4.78, 5) is 0.